The van der Waals surface area contributed by atoms with Crippen molar-refractivity contribution in [1.29, 1.82) is 0 Å². The molecule has 10 nitrogen and oxygen atoms in total. The Labute approximate surface area is 205 Å². The summed E-state index contributed by atoms with van der Waals surface area (Å²) in [6.45, 7) is 0. The monoisotopic (exact) mass is 491 g/mol. The van der Waals surface area contributed by atoms with E-state index in [2.05, 4.69) is 15.5 Å². The number of benzene rings is 3. The second kappa shape index (κ2) is 10.7. The highest BCUT2D eigenvalue weighted by Gasteiger charge is 2.19. The largest absolute Gasteiger partial charge is 0.497 e. The maximum absolute atomic E-state index is 12.7. The highest BCUT2D eigenvalue weighted by Crippen LogP contribution is 2.31. The number of nitro benzene ring substituents is 1. The van der Waals surface area contributed by atoms with Crippen molar-refractivity contribution < 1.29 is 19.2 Å². The third-order valence-corrected chi connectivity index (χ3v) is 5.90. The predicted octanol–water partition coefficient (Wildman–Crippen LogP) is 4.59. The molecule has 0 unspecified atom stereocenters. The molecule has 4 aromatic rings. The Bertz CT molecular complexity index is 1360. The summed E-state index contributed by atoms with van der Waals surface area (Å²) in [4.78, 5) is 23.5. The molecule has 0 aliphatic rings. The van der Waals surface area contributed by atoms with Crippen LogP contribution < -0.4 is 14.8 Å². The lowest BCUT2D eigenvalue weighted by atomic mass is 10.2. The van der Waals surface area contributed by atoms with Gasteiger partial charge in [0.25, 0.3) is 5.69 Å². The van der Waals surface area contributed by atoms with E-state index >= 15 is 0 Å². The first-order chi connectivity index (χ1) is 17.0. The van der Waals surface area contributed by atoms with Gasteiger partial charge >= 0.3 is 0 Å². The number of amides is 1. The number of methoxy groups -OCH3 is 2. The Kier molecular flexibility index (Phi) is 7.27. The molecule has 1 aromatic heterocycles. The van der Waals surface area contributed by atoms with Gasteiger partial charge in [-0.2, -0.15) is 0 Å². The average Bonchev–Trinajstić information content (AvgIpc) is 3.32. The number of carbonyl (C=O) groups excluding carboxylic acids is 1. The van der Waals surface area contributed by atoms with Crippen LogP contribution >= 0.6 is 11.8 Å². The number of anilines is 1. The number of ether oxygens (including phenoxy) is 2. The molecule has 178 valence electrons. The van der Waals surface area contributed by atoms with Gasteiger partial charge in [-0.15, -0.1) is 10.2 Å². The standard InChI is InChI=1S/C24H21N5O5S/c1-33-19-11-12-21(34-2)20(14-19)25-22(30)15-35-24-27-26-23(28(24)17-8-4-3-5-9-17)16-7-6-10-18(13-16)29(31)32/h3-14H,15H2,1-2H3,(H,25,30). The molecule has 0 saturated heterocycles. The molecule has 0 spiro atoms. The number of hydrogen-bond donors (Lipinski definition) is 1. The number of aromatic nitrogens is 3. The predicted molar refractivity (Wildman–Crippen MR) is 132 cm³/mol. The van der Waals surface area contributed by atoms with Crippen LogP contribution in [0, 0.1) is 10.1 Å². The van der Waals surface area contributed by atoms with E-state index in [9.17, 15) is 14.9 Å². The molecule has 0 atom stereocenters. The Balaban J connectivity index is 1.61. The number of para-hydroxylation sites is 1. The highest BCUT2D eigenvalue weighted by atomic mass is 32.2. The second-order valence-corrected chi connectivity index (χ2v) is 8.13. The first-order valence-corrected chi connectivity index (χ1v) is 11.4. The molecule has 0 fully saturated rings. The first-order valence-electron chi connectivity index (χ1n) is 10.4. The van der Waals surface area contributed by atoms with E-state index < -0.39 is 4.92 Å². The fourth-order valence-corrected chi connectivity index (χ4v) is 4.10. The molecule has 1 amide bonds. The van der Waals surface area contributed by atoms with Gasteiger partial charge in [-0.1, -0.05) is 42.1 Å². The van der Waals surface area contributed by atoms with Crippen molar-refractivity contribution in [3.63, 3.8) is 0 Å². The van der Waals surface area contributed by atoms with Gasteiger partial charge in [0.15, 0.2) is 11.0 Å². The fraction of sp³-hybridized carbons (Fsp3) is 0.125. The van der Waals surface area contributed by atoms with Crippen LogP contribution in [-0.4, -0.2) is 45.6 Å². The fourth-order valence-electron chi connectivity index (χ4n) is 3.35. The summed E-state index contributed by atoms with van der Waals surface area (Å²) >= 11 is 1.19. The van der Waals surface area contributed by atoms with Crippen LogP contribution in [0.15, 0.2) is 78.0 Å². The van der Waals surface area contributed by atoms with Crippen molar-refractivity contribution in [2.24, 2.45) is 0 Å². The summed E-state index contributed by atoms with van der Waals surface area (Å²) in [6.07, 6.45) is 0. The van der Waals surface area contributed by atoms with Crippen LogP contribution in [0.4, 0.5) is 11.4 Å². The lowest BCUT2D eigenvalue weighted by molar-refractivity contribution is -0.384. The number of nitro groups is 1. The molecule has 4 rings (SSSR count). The van der Waals surface area contributed by atoms with Crippen LogP contribution in [-0.2, 0) is 4.79 Å². The van der Waals surface area contributed by atoms with Crippen molar-refractivity contribution in [3.05, 3.63) is 82.9 Å². The van der Waals surface area contributed by atoms with Gasteiger partial charge in [0.1, 0.15) is 11.5 Å². The van der Waals surface area contributed by atoms with Crippen LogP contribution in [0.5, 0.6) is 11.5 Å². The van der Waals surface area contributed by atoms with E-state index in [1.807, 2.05) is 30.3 Å². The lowest BCUT2D eigenvalue weighted by Gasteiger charge is -2.12. The van der Waals surface area contributed by atoms with E-state index in [0.717, 1.165) is 5.69 Å². The van der Waals surface area contributed by atoms with E-state index in [1.165, 1.54) is 31.0 Å². The van der Waals surface area contributed by atoms with Crippen LogP contribution in [0.3, 0.4) is 0 Å². The van der Waals surface area contributed by atoms with Gasteiger partial charge in [0.2, 0.25) is 5.91 Å². The maximum atomic E-state index is 12.7. The van der Waals surface area contributed by atoms with E-state index in [1.54, 1.807) is 42.0 Å². The van der Waals surface area contributed by atoms with Gasteiger partial charge < -0.3 is 14.8 Å². The molecule has 35 heavy (non-hydrogen) atoms. The third kappa shape index (κ3) is 5.41. The van der Waals surface area contributed by atoms with Crippen LogP contribution in [0.1, 0.15) is 0 Å². The summed E-state index contributed by atoms with van der Waals surface area (Å²) in [5.74, 6) is 1.28. The number of rotatable bonds is 9. The number of nitrogens with one attached hydrogen (secondary N) is 1. The smallest absolute Gasteiger partial charge is 0.270 e. The van der Waals surface area contributed by atoms with Gasteiger partial charge in [0.05, 0.1) is 30.6 Å². The molecule has 1 heterocycles. The van der Waals surface area contributed by atoms with Crippen molar-refractivity contribution in [1.82, 2.24) is 14.8 Å². The average molecular weight is 492 g/mol. The van der Waals surface area contributed by atoms with Gasteiger partial charge in [-0.05, 0) is 24.3 Å². The number of hydrogen-bond acceptors (Lipinski definition) is 8. The molecular formula is C24H21N5O5S. The normalized spacial score (nSPS) is 10.6. The Hall–Kier alpha value is -4.38. The quantitative estimate of drug-likeness (QED) is 0.205. The van der Waals surface area contributed by atoms with Crippen LogP contribution in [0.25, 0.3) is 17.1 Å². The Morgan fingerprint density at radius 3 is 2.54 bits per heavy atom. The highest BCUT2D eigenvalue weighted by molar-refractivity contribution is 7.99. The molecule has 1 N–H and O–H groups in total. The first kappa shape index (κ1) is 23.8. The summed E-state index contributed by atoms with van der Waals surface area (Å²) in [5, 5.41) is 23.1. The zero-order chi connectivity index (χ0) is 24.8. The Morgan fingerprint density at radius 2 is 1.83 bits per heavy atom. The zero-order valence-corrected chi connectivity index (χ0v) is 19.7. The second-order valence-electron chi connectivity index (χ2n) is 7.19. The number of thioether (sulfide) groups is 1. The van der Waals surface area contributed by atoms with E-state index in [4.69, 9.17) is 9.47 Å². The summed E-state index contributed by atoms with van der Waals surface area (Å²) in [5.41, 5.74) is 1.73. The lowest BCUT2D eigenvalue weighted by Crippen LogP contribution is -2.15. The zero-order valence-electron chi connectivity index (χ0n) is 18.9. The maximum Gasteiger partial charge on any atom is 0.270 e. The van der Waals surface area contributed by atoms with Crippen molar-refractivity contribution in [2.75, 3.05) is 25.3 Å². The SMILES string of the molecule is COc1ccc(OC)c(NC(=O)CSc2nnc(-c3cccc([N+](=O)[O-])c3)n2-c2ccccc2)c1. The van der Waals surface area contributed by atoms with Crippen molar-refractivity contribution >= 4 is 29.0 Å². The number of carbonyl (C=O) groups is 1. The topological polar surface area (TPSA) is 121 Å². The summed E-state index contributed by atoms with van der Waals surface area (Å²) in [6, 6.07) is 20.7. The van der Waals surface area contributed by atoms with Crippen molar-refractivity contribution in [3.8, 4) is 28.6 Å². The van der Waals surface area contributed by atoms with Gasteiger partial charge in [0, 0.05) is 29.4 Å². The summed E-state index contributed by atoms with van der Waals surface area (Å²) in [7, 11) is 3.06. The molecule has 0 saturated carbocycles. The Morgan fingerprint density at radius 1 is 1.03 bits per heavy atom. The van der Waals surface area contributed by atoms with E-state index in [0.29, 0.717) is 33.7 Å². The molecular weight excluding hydrogens is 470 g/mol. The van der Waals surface area contributed by atoms with Crippen molar-refractivity contribution in [2.45, 2.75) is 5.16 Å². The van der Waals surface area contributed by atoms with Gasteiger partial charge in [-0.25, -0.2) is 0 Å². The van der Waals surface area contributed by atoms with Gasteiger partial charge in [-0.3, -0.25) is 19.5 Å². The number of nitrogens with zero attached hydrogens (tertiary/aromatic N) is 4. The molecule has 0 aliphatic carbocycles. The minimum absolute atomic E-state index is 0.0419. The summed E-state index contributed by atoms with van der Waals surface area (Å²) < 4.78 is 12.3. The minimum atomic E-state index is -0.459. The molecule has 0 bridgehead atoms. The third-order valence-electron chi connectivity index (χ3n) is 4.98. The number of non-ortho nitro benzene ring substituents is 1. The molecule has 0 radical (unpaired) electrons. The molecule has 11 heteroatoms. The van der Waals surface area contributed by atoms with E-state index in [-0.39, 0.29) is 17.3 Å². The van der Waals surface area contributed by atoms with Crippen LogP contribution in [0.2, 0.25) is 0 Å². The molecule has 3 aromatic carbocycles. The molecule has 0 aliphatic heterocycles. The minimum Gasteiger partial charge on any atom is -0.497 e.